The lowest BCUT2D eigenvalue weighted by atomic mass is 10.2. The van der Waals surface area contributed by atoms with E-state index < -0.39 is 36.3 Å². The van der Waals surface area contributed by atoms with E-state index in [2.05, 4.69) is 4.84 Å². The number of nitrogens with zero attached hydrogens (tertiary/aromatic N) is 1. The summed E-state index contributed by atoms with van der Waals surface area (Å²) in [7, 11) is 0. The Morgan fingerprint density at radius 1 is 1.25 bits per heavy atom. The summed E-state index contributed by atoms with van der Waals surface area (Å²) in [4.78, 5) is 49.6. The Kier molecular flexibility index (Phi) is 5.63. The molecule has 1 fully saturated rings. The highest BCUT2D eigenvalue weighted by atomic mass is 16.7. The van der Waals surface area contributed by atoms with Gasteiger partial charge in [0.25, 0.3) is 11.8 Å². The fraction of sp³-hybridized carbons (Fsp3) is 0.667. The summed E-state index contributed by atoms with van der Waals surface area (Å²) in [6, 6.07) is 0. The molecule has 0 aromatic carbocycles. The van der Waals surface area contributed by atoms with Crippen LogP contribution in [0, 0.1) is 5.92 Å². The Balaban J connectivity index is 2.41. The van der Waals surface area contributed by atoms with Gasteiger partial charge >= 0.3 is 11.9 Å². The molecule has 1 saturated heterocycles. The van der Waals surface area contributed by atoms with E-state index in [4.69, 9.17) is 4.74 Å². The Bertz CT molecular complexity index is 402. The molecule has 0 unspecified atom stereocenters. The SMILES string of the molecule is CC(C)COC(=O)C[C@H](O)C(=O)ON1C(=O)CCC1=O. The molecule has 0 aliphatic carbocycles. The third-order valence-electron chi connectivity index (χ3n) is 2.40. The van der Waals surface area contributed by atoms with Crippen LogP contribution in [0.1, 0.15) is 33.1 Å². The zero-order chi connectivity index (χ0) is 15.3. The first-order valence-electron chi connectivity index (χ1n) is 6.22. The van der Waals surface area contributed by atoms with Crippen molar-refractivity contribution in [2.24, 2.45) is 5.92 Å². The maximum atomic E-state index is 11.4. The van der Waals surface area contributed by atoms with Gasteiger partial charge in [0.05, 0.1) is 13.0 Å². The molecule has 1 aliphatic heterocycles. The average Bonchev–Trinajstić information content (AvgIpc) is 2.68. The Morgan fingerprint density at radius 3 is 2.30 bits per heavy atom. The van der Waals surface area contributed by atoms with Gasteiger partial charge in [0.1, 0.15) is 0 Å². The van der Waals surface area contributed by atoms with Crippen molar-refractivity contribution in [1.29, 1.82) is 0 Å². The van der Waals surface area contributed by atoms with Crippen LogP contribution in [0.3, 0.4) is 0 Å². The molecular weight excluding hydrogens is 270 g/mol. The van der Waals surface area contributed by atoms with E-state index in [9.17, 15) is 24.3 Å². The summed E-state index contributed by atoms with van der Waals surface area (Å²) in [5.74, 6) is -3.18. The topological polar surface area (TPSA) is 110 Å². The summed E-state index contributed by atoms with van der Waals surface area (Å²) in [5.41, 5.74) is 0. The molecule has 8 heteroatoms. The smallest absolute Gasteiger partial charge is 0.361 e. The summed E-state index contributed by atoms with van der Waals surface area (Å²) in [6.45, 7) is 3.84. The van der Waals surface area contributed by atoms with E-state index >= 15 is 0 Å². The van der Waals surface area contributed by atoms with Crippen molar-refractivity contribution in [3.05, 3.63) is 0 Å². The van der Waals surface area contributed by atoms with Gasteiger partial charge in [-0.15, -0.1) is 5.06 Å². The number of carbonyl (C=O) groups is 4. The van der Waals surface area contributed by atoms with Gasteiger partial charge in [-0.1, -0.05) is 13.8 Å². The number of rotatable bonds is 6. The summed E-state index contributed by atoms with van der Waals surface area (Å²) in [6.07, 6.45) is -2.46. The second-order valence-electron chi connectivity index (χ2n) is 4.79. The van der Waals surface area contributed by atoms with Gasteiger partial charge in [-0.2, -0.15) is 0 Å². The molecule has 20 heavy (non-hydrogen) atoms. The molecule has 0 aromatic heterocycles. The van der Waals surface area contributed by atoms with Crippen molar-refractivity contribution < 1.29 is 33.9 Å². The number of hydroxylamine groups is 2. The van der Waals surface area contributed by atoms with E-state index in [0.29, 0.717) is 5.06 Å². The molecule has 1 N–H and O–H groups in total. The van der Waals surface area contributed by atoms with Crippen molar-refractivity contribution >= 4 is 23.8 Å². The second-order valence-corrected chi connectivity index (χ2v) is 4.79. The molecule has 0 bridgehead atoms. The fourth-order valence-corrected chi connectivity index (χ4v) is 1.37. The van der Waals surface area contributed by atoms with Crippen molar-refractivity contribution in [2.75, 3.05) is 6.61 Å². The highest BCUT2D eigenvalue weighted by Gasteiger charge is 2.35. The van der Waals surface area contributed by atoms with Crippen LogP contribution in [-0.4, -0.2) is 46.6 Å². The highest BCUT2D eigenvalue weighted by molar-refractivity contribution is 6.01. The summed E-state index contributed by atoms with van der Waals surface area (Å²) < 4.78 is 4.78. The first-order chi connectivity index (χ1) is 9.31. The molecule has 8 nitrogen and oxygen atoms in total. The first kappa shape index (κ1) is 16.1. The predicted octanol–water partition coefficient (Wildman–Crippen LogP) is -0.456. The minimum Gasteiger partial charge on any atom is -0.465 e. The third-order valence-corrected chi connectivity index (χ3v) is 2.40. The van der Waals surface area contributed by atoms with E-state index in [1.54, 1.807) is 0 Å². The van der Waals surface area contributed by atoms with Crippen LogP contribution in [0.5, 0.6) is 0 Å². The zero-order valence-corrected chi connectivity index (χ0v) is 11.3. The van der Waals surface area contributed by atoms with E-state index in [1.165, 1.54) is 0 Å². The predicted molar refractivity (Wildman–Crippen MR) is 63.6 cm³/mol. The molecule has 0 saturated carbocycles. The second kappa shape index (κ2) is 6.99. The molecule has 112 valence electrons. The highest BCUT2D eigenvalue weighted by Crippen LogP contribution is 2.13. The van der Waals surface area contributed by atoms with Crippen LogP contribution in [-0.2, 0) is 28.8 Å². The molecule has 1 aliphatic rings. The van der Waals surface area contributed by atoms with Gasteiger partial charge in [0.15, 0.2) is 6.10 Å². The molecule has 0 spiro atoms. The van der Waals surface area contributed by atoms with Gasteiger partial charge in [-0.3, -0.25) is 14.4 Å². The maximum Gasteiger partial charge on any atom is 0.361 e. The van der Waals surface area contributed by atoms with Gasteiger partial charge in [0, 0.05) is 12.8 Å². The largest absolute Gasteiger partial charge is 0.465 e. The van der Waals surface area contributed by atoms with Gasteiger partial charge in [-0.25, -0.2) is 4.79 Å². The molecule has 1 heterocycles. The number of aliphatic hydroxyl groups excluding tert-OH is 1. The Hall–Kier alpha value is -1.96. The lowest BCUT2D eigenvalue weighted by Crippen LogP contribution is -2.37. The van der Waals surface area contributed by atoms with Crippen molar-refractivity contribution in [3.63, 3.8) is 0 Å². The Labute approximate surface area is 115 Å². The van der Waals surface area contributed by atoms with Crippen LogP contribution in [0.2, 0.25) is 0 Å². The number of aliphatic hydroxyl groups is 1. The van der Waals surface area contributed by atoms with Crippen LogP contribution < -0.4 is 0 Å². The van der Waals surface area contributed by atoms with Gasteiger partial charge < -0.3 is 14.7 Å². The monoisotopic (exact) mass is 287 g/mol. The standard InChI is InChI=1S/C12H17NO7/c1-7(2)6-19-11(17)5-8(14)12(18)20-13-9(15)3-4-10(13)16/h7-8,14H,3-6H2,1-2H3/t8-/m0/s1. The average molecular weight is 287 g/mol. The number of hydrogen-bond donors (Lipinski definition) is 1. The summed E-state index contributed by atoms with van der Waals surface area (Å²) >= 11 is 0. The maximum absolute atomic E-state index is 11.4. The van der Waals surface area contributed by atoms with Gasteiger partial charge in [-0.05, 0) is 5.92 Å². The van der Waals surface area contributed by atoms with Crippen LogP contribution in [0.15, 0.2) is 0 Å². The van der Waals surface area contributed by atoms with Gasteiger partial charge in [0.2, 0.25) is 0 Å². The normalized spacial score (nSPS) is 16.5. The number of ether oxygens (including phenoxy) is 1. The molecule has 0 radical (unpaired) electrons. The van der Waals surface area contributed by atoms with E-state index in [0.717, 1.165) is 0 Å². The molecule has 1 atom stereocenters. The number of hydrogen-bond acceptors (Lipinski definition) is 7. The first-order valence-corrected chi connectivity index (χ1v) is 6.22. The number of carbonyl (C=O) groups excluding carboxylic acids is 4. The lowest BCUT2D eigenvalue weighted by molar-refractivity contribution is -0.204. The lowest BCUT2D eigenvalue weighted by Gasteiger charge is -2.15. The molecular formula is C12H17NO7. The van der Waals surface area contributed by atoms with Crippen LogP contribution >= 0.6 is 0 Å². The minimum absolute atomic E-state index is 0.0430. The fourth-order valence-electron chi connectivity index (χ4n) is 1.37. The quantitative estimate of drug-likeness (QED) is 0.520. The Morgan fingerprint density at radius 2 is 1.80 bits per heavy atom. The number of amides is 2. The number of imide groups is 1. The van der Waals surface area contributed by atoms with Crippen LogP contribution in [0.25, 0.3) is 0 Å². The third kappa shape index (κ3) is 4.61. The molecule has 0 aromatic rings. The van der Waals surface area contributed by atoms with Crippen LogP contribution in [0.4, 0.5) is 0 Å². The van der Waals surface area contributed by atoms with Crippen molar-refractivity contribution in [1.82, 2.24) is 5.06 Å². The van der Waals surface area contributed by atoms with Crippen molar-refractivity contribution in [2.45, 2.75) is 39.2 Å². The van der Waals surface area contributed by atoms with E-state index in [1.807, 2.05) is 13.8 Å². The molecule has 1 rings (SSSR count). The molecule has 2 amide bonds. The van der Waals surface area contributed by atoms with E-state index in [-0.39, 0.29) is 25.4 Å². The zero-order valence-electron chi connectivity index (χ0n) is 11.3. The minimum atomic E-state index is -1.78. The van der Waals surface area contributed by atoms with Crippen molar-refractivity contribution in [3.8, 4) is 0 Å². The number of esters is 1. The summed E-state index contributed by atoms with van der Waals surface area (Å²) in [5, 5.41) is 9.77.